The number of furan rings is 1. The molecule has 27 heavy (non-hydrogen) atoms. The summed E-state index contributed by atoms with van der Waals surface area (Å²) < 4.78 is 7.49. The minimum atomic E-state index is 0.660. The molecule has 0 saturated heterocycles. The van der Waals surface area contributed by atoms with Gasteiger partial charge in [-0.2, -0.15) is 5.26 Å². The maximum Gasteiger partial charge on any atom is 0.196 e. The molecule has 0 saturated carbocycles. The zero-order valence-electron chi connectivity index (χ0n) is 14.7. The first-order valence-electron chi connectivity index (χ1n) is 8.43. The van der Waals surface area contributed by atoms with Gasteiger partial charge in [0.25, 0.3) is 0 Å². The lowest BCUT2D eigenvalue weighted by molar-refractivity contribution is 0.535. The third-order valence-corrected chi connectivity index (χ3v) is 5.17. The van der Waals surface area contributed by atoms with Crippen molar-refractivity contribution in [3.05, 3.63) is 83.8 Å². The molecule has 0 amide bonds. The molecule has 0 fully saturated rings. The predicted molar refractivity (Wildman–Crippen MR) is 105 cm³/mol. The Labute approximate surface area is 161 Å². The number of nitriles is 1. The number of rotatable bonds is 5. The third kappa shape index (κ3) is 3.50. The van der Waals surface area contributed by atoms with Gasteiger partial charge in [-0.15, -0.1) is 10.2 Å². The van der Waals surface area contributed by atoms with Crippen molar-refractivity contribution in [2.75, 3.05) is 0 Å². The predicted octanol–water partition coefficient (Wildman–Crippen LogP) is 5.00. The van der Waals surface area contributed by atoms with Crippen LogP contribution in [0.4, 0.5) is 0 Å². The van der Waals surface area contributed by atoms with Crippen LogP contribution in [-0.2, 0) is 5.75 Å². The Morgan fingerprint density at radius 2 is 1.93 bits per heavy atom. The molecule has 0 atom stereocenters. The highest BCUT2D eigenvalue weighted by atomic mass is 32.2. The molecule has 0 spiro atoms. The van der Waals surface area contributed by atoms with Crippen LogP contribution in [0.5, 0.6) is 0 Å². The zero-order chi connectivity index (χ0) is 18.6. The molecule has 6 heteroatoms. The van der Waals surface area contributed by atoms with E-state index in [2.05, 4.69) is 16.3 Å². The van der Waals surface area contributed by atoms with Crippen molar-refractivity contribution >= 4 is 11.8 Å². The second kappa shape index (κ2) is 7.52. The summed E-state index contributed by atoms with van der Waals surface area (Å²) in [4.78, 5) is 0. The van der Waals surface area contributed by atoms with Crippen LogP contribution >= 0.6 is 11.8 Å². The molecule has 0 bridgehead atoms. The standard InChI is InChI=1S/C21H16N4OS/c1-15-19(10-11-26-15)20-23-24-21(25(20)18-8-3-2-4-9-18)27-14-17-7-5-6-16(12-17)13-22/h2-12H,14H2,1H3. The van der Waals surface area contributed by atoms with E-state index in [1.54, 1.807) is 24.1 Å². The van der Waals surface area contributed by atoms with Gasteiger partial charge in [-0.25, -0.2) is 0 Å². The van der Waals surface area contributed by atoms with Crippen LogP contribution in [0, 0.1) is 18.3 Å². The molecular formula is C21H16N4OS. The molecule has 0 unspecified atom stereocenters. The van der Waals surface area contributed by atoms with Crippen LogP contribution in [0.3, 0.4) is 0 Å². The van der Waals surface area contributed by atoms with Gasteiger partial charge in [-0.3, -0.25) is 4.57 Å². The molecule has 4 aromatic rings. The minimum absolute atomic E-state index is 0.660. The fourth-order valence-electron chi connectivity index (χ4n) is 2.84. The van der Waals surface area contributed by atoms with E-state index in [1.807, 2.05) is 66.1 Å². The lowest BCUT2D eigenvalue weighted by atomic mass is 10.2. The summed E-state index contributed by atoms with van der Waals surface area (Å²) >= 11 is 1.59. The molecule has 2 heterocycles. The second-order valence-corrected chi connectivity index (χ2v) is 6.91. The maximum atomic E-state index is 9.08. The van der Waals surface area contributed by atoms with E-state index in [0.717, 1.165) is 33.6 Å². The Kier molecular flexibility index (Phi) is 4.77. The maximum absolute atomic E-state index is 9.08. The Bertz CT molecular complexity index is 1110. The van der Waals surface area contributed by atoms with Crippen LogP contribution in [0.2, 0.25) is 0 Å². The number of thioether (sulfide) groups is 1. The average molecular weight is 372 g/mol. The van der Waals surface area contributed by atoms with Gasteiger partial charge in [-0.1, -0.05) is 42.1 Å². The largest absolute Gasteiger partial charge is 0.469 e. The molecule has 0 aliphatic heterocycles. The fourth-order valence-corrected chi connectivity index (χ4v) is 3.74. The van der Waals surface area contributed by atoms with E-state index < -0.39 is 0 Å². The molecule has 0 aliphatic carbocycles. The number of nitrogens with zero attached hydrogens (tertiary/aromatic N) is 4. The second-order valence-electron chi connectivity index (χ2n) is 5.97. The van der Waals surface area contributed by atoms with E-state index in [-0.39, 0.29) is 0 Å². The number of aryl methyl sites for hydroxylation is 1. The summed E-state index contributed by atoms with van der Waals surface area (Å²) in [7, 11) is 0. The van der Waals surface area contributed by atoms with Gasteiger partial charge >= 0.3 is 0 Å². The van der Waals surface area contributed by atoms with Crippen LogP contribution in [0.15, 0.2) is 76.5 Å². The number of hydrogen-bond acceptors (Lipinski definition) is 5. The lowest BCUT2D eigenvalue weighted by Gasteiger charge is -2.10. The van der Waals surface area contributed by atoms with Gasteiger partial charge in [0.2, 0.25) is 0 Å². The SMILES string of the molecule is Cc1occc1-c1nnc(SCc2cccc(C#N)c2)n1-c1ccccc1. The van der Waals surface area contributed by atoms with Crippen LogP contribution in [0.1, 0.15) is 16.9 Å². The first-order valence-corrected chi connectivity index (χ1v) is 9.42. The Morgan fingerprint density at radius 3 is 2.67 bits per heavy atom. The first-order chi connectivity index (χ1) is 13.3. The van der Waals surface area contributed by atoms with E-state index >= 15 is 0 Å². The van der Waals surface area contributed by atoms with Crippen molar-refractivity contribution in [1.29, 1.82) is 5.26 Å². The summed E-state index contributed by atoms with van der Waals surface area (Å²) in [6, 6.07) is 21.7. The van der Waals surface area contributed by atoms with E-state index in [4.69, 9.17) is 9.68 Å². The van der Waals surface area contributed by atoms with Crippen molar-refractivity contribution < 1.29 is 4.42 Å². The summed E-state index contributed by atoms with van der Waals surface area (Å²) in [6.45, 7) is 1.92. The lowest BCUT2D eigenvalue weighted by Crippen LogP contribution is -1.99. The van der Waals surface area contributed by atoms with Gasteiger partial charge < -0.3 is 4.42 Å². The molecule has 0 radical (unpaired) electrons. The first kappa shape index (κ1) is 17.1. The van der Waals surface area contributed by atoms with Crippen molar-refractivity contribution in [3.8, 4) is 23.1 Å². The smallest absolute Gasteiger partial charge is 0.196 e. The molecule has 5 nitrogen and oxygen atoms in total. The van der Waals surface area contributed by atoms with E-state index in [0.29, 0.717) is 11.3 Å². The average Bonchev–Trinajstić information content (AvgIpc) is 3.32. The van der Waals surface area contributed by atoms with Crippen molar-refractivity contribution in [1.82, 2.24) is 14.8 Å². The summed E-state index contributed by atoms with van der Waals surface area (Å²) in [5.41, 5.74) is 3.64. The van der Waals surface area contributed by atoms with Gasteiger partial charge in [0, 0.05) is 11.4 Å². The monoisotopic (exact) mass is 372 g/mol. The Morgan fingerprint density at radius 1 is 1.07 bits per heavy atom. The normalized spacial score (nSPS) is 10.7. The van der Waals surface area contributed by atoms with Crippen molar-refractivity contribution in [2.24, 2.45) is 0 Å². The van der Waals surface area contributed by atoms with Gasteiger partial charge in [0.05, 0.1) is 23.5 Å². The molecular weight excluding hydrogens is 356 g/mol. The van der Waals surface area contributed by atoms with Crippen molar-refractivity contribution in [2.45, 2.75) is 17.8 Å². The highest BCUT2D eigenvalue weighted by Crippen LogP contribution is 2.31. The zero-order valence-corrected chi connectivity index (χ0v) is 15.5. The quantitative estimate of drug-likeness (QED) is 0.461. The molecule has 132 valence electrons. The van der Waals surface area contributed by atoms with Gasteiger partial charge in [0.1, 0.15) is 5.76 Å². The number of benzene rings is 2. The topological polar surface area (TPSA) is 67.6 Å². The number of para-hydroxylation sites is 1. The summed E-state index contributed by atoms with van der Waals surface area (Å²) in [6.07, 6.45) is 1.66. The molecule has 2 aromatic heterocycles. The summed E-state index contributed by atoms with van der Waals surface area (Å²) in [5.74, 6) is 2.25. The van der Waals surface area contributed by atoms with Crippen LogP contribution in [-0.4, -0.2) is 14.8 Å². The highest BCUT2D eigenvalue weighted by molar-refractivity contribution is 7.98. The van der Waals surface area contributed by atoms with Crippen LogP contribution in [0.25, 0.3) is 17.1 Å². The summed E-state index contributed by atoms with van der Waals surface area (Å²) in [5, 5.41) is 18.7. The van der Waals surface area contributed by atoms with Crippen LogP contribution < -0.4 is 0 Å². The molecule has 0 aliphatic rings. The number of aromatic nitrogens is 3. The third-order valence-electron chi connectivity index (χ3n) is 4.17. The minimum Gasteiger partial charge on any atom is -0.469 e. The van der Waals surface area contributed by atoms with Gasteiger partial charge in [0.15, 0.2) is 11.0 Å². The number of hydrogen-bond donors (Lipinski definition) is 0. The Balaban J connectivity index is 1.72. The molecule has 4 rings (SSSR count). The Hall–Kier alpha value is -3.30. The highest BCUT2D eigenvalue weighted by Gasteiger charge is 2.18. The van der Waals surface area contributed by atoms with Gasteiger partial charge in [-0.05, 0) is 42.8 Å². The molecule has 0 N–H and O–H groups in total. The van der Waals surface area contributed by atoms with E-state index in [1.165, 1.54) is 0 Å². The van der Waals surface area contributed by atoms with E-state index in [9.17, 15) is 0 Å². The fraction of sp³-hybridized carbons (Fsp3) is 0.0952. The van der Waals surface area contributed by atoms with Crippen molar-refractivity contribution in [3.63, 3.8) is 0 Å². The molecule has 2 aromatic carbocycles.